The Hall–Kier alpha value is -2.05. The summed E-state index contributed by atoms with van der Waals surface area (Å²) in [5.74, 6) is -0.291. The predicted molar refractivity (Wildman–Crippen MR) is 119 cm³/mol. The van der Waals surface area contributed by atoms with Crippen molar-refractivity contribution in [3.05, 3.63) is 45.4 Å². The summed E-state index contributed by atoms with van der Waals surface area (Å²) < 4.78 is 27.1. The molecule has 1 fully saturated rings. The Morgan fingerprint density at radius 1 is 1.33 bits per heavy atom. The molecule has 1 aliphatic heterocycles. The summed E-state index contributed by atoms with van der Waals surface area (Å²) in [5, 5.41) is 12.1. The van der Waals surface area contributed by atoms with Gasteiger partial charge in [-0.05, 0) is 17.2 Å². The lowest BCUT2D eigenvalue weighted by Crippen LogP contribution is -2.46. The first kappa shape index (κ1) is 22.6. The van der Waals surface area contributed by atoms with Crippen LogP contribution in [0.15, 0.2) is 24.3 Å². The Morgan fingerprint density at radius 3 is 2.83 bits per heavy atom. The third-order valence-corrected chi connectivity index (χ3v) is 6.91. The third-order valence-electron chi connectivity index (χ3n) is 4.45. The smallest absolute Gasteiger partial charge is 0.238 e. The van der Waals surface area contributed by atoms with E-state index in [1.54, 1.807) is 23.1 Å². The number of hydrogen-bond acceptors (Lipinski definition) is 8. The summed E-state index contributed by atoms with van der Waals surface area (Å²) in [6, 6.07) is 5.33. The van der Waals surface area contributed by atoms with Gasteiger partial charge in [-0.25, -0.2) is 8.42 Å². The van der Waals surface area contributed by atoms with E-state index < -0.39 is 10.0 Å². The van der Waals surface area contributed by atoms with Crippen LogP contribution in [-0.4, -0.2) is 61.4 Å². The van der Waals surface area contributed by atoms with Gasteiger partial charge in [0.1, 0.15) is 5.01 Å². The van der Waals surface area contributed by atoms with Gasteiger partial charge >= 0.3 is 0 Å². The molecule has 9 nitrogen and oxygen atoms in total. The largest absolute Gasteiger partial charge is 0.340 e. The monoisotopic (exact) mass is 470 g/mol. The molecule has 2 heterocycles. The fourth-order valence-corrected chi connectivity index (χ4v) is 5.07. The van der Waals surface area contributed by atoms with Crippen molar-refractivity contribution in [3.8, 4) is 0 Å². The molecule has 1 saturated heterocycles. The minimum absolute atomic E-state index is 0.0396. The van der Waals surface area contributed by atoms with Gasteiger partial charge in [0.25, 0.3) is 0 Å². The summed E-state index contributed by atoms with van der Waals surface area (Å²) in [6.07, 6.45) is 3.30. The van der Waals surface area contributed by atoms with E-state index in [1.165, 1.54) is 6.08 Å². The number of aromatic nitrogens is 2. The molecule has 1 aromatic heterocycles. The van der Waals surface area contributed by atoms with Crippen LogP contribution in [0.4, 0.5) is 5.13 Å². The fourth-order valence-electron chi connectivity index (χ4n) is 2.94. The molecule has 0 unspecified atom stereocenters. The molecule has 2 aromatic rings. The second kappa shape index (κ2) is 10.3. The number of sulfonamides is 1. The van der Waals surface area contributed by atoms with Crippen molar-refractivity contribution in [2.75, 3.05) is 36.7 Å². The lowest BCUT2D eigenvalue weighted by molar-refractivity contribution is -0.131. The van der Waals surface area contributed by atoms with E-state index in [-0.39, 0.29) is 29.8 Å². The highest BCUT2D eigenvalue weighted by Crippen LogP contribution is 2.21. The molecule has 162 valence electrons. The minimum atomic E-state index is -3.67. The normalized spacial score (nSPS) is 14.9. The summed E-state index contributed by atoms with van der Waals surface area (Å²) in [5.41, 5.74) is 7.22. The fraction of sp³-hybridized carbons (Fsp3) is 0.389. The highest BCUT2D eigenvalue weighted by molar-refractivity contribution is 7.93. The summed E-state index contributed by atoms with van der Waals surface area (Å²) >= 11 is 7.16. The van der Waals surface area contributed by atoms with Gasteiger partial charge in [-0.3, -0.25) is 9.52 Å². The maximum Gasteiger partial charge on any atom is 0.238 e. The SMILES string of the molecule is NCc1c(Cl)cccc1C=CCS(=O)(=O)Nc1nnc(CC(=O)N2CCNCC2)s1. The van der Waals surface area contributed by atoms with Gasteiger partial charge in [0.05, 0.1) is 12.2 Å². The number of nitrogens with zero attached hydrogens (tertiary/aromatic N) is 3. The van der Waals surface area contributed by atoms with Gasteiger partial charge in [0, 0.05) is 37.7 Å². The van der Waals surface area contributed by atoms with Crippen molar-refractivity contribution in [2.45, 2.75) is 13.0 Å². The predicted octanol–water partition coefficient (Wildman–Crippen LogP) is 1.08. The average molecular weight is 471 g/mol. The molecule has 4 N–H and O–H groups in total. The molecule has 0 aliphatic carbocycles. The van der Waals surface area contributed by atoms with Crippen LogP contribution < -0.4 is 15.8 Å². The van der Waals surface area contributed by atoms with Crippen LogP contribution in [0.25, 0.3) is 6.08 Å². The van der Waals surface area contributed by atoms with Gasteiger partial charge < -0.3 is 16.0 Å². The molecule has 30 heavy (non-hydrogen) atoms. The number of nitrogens with two attached hydrogens (primary N) is 1. The molecule has 0 bridgehead atoms. The Kier molecular flexibility index (Phi) is 7.78. The number of nitrogens with one attached hydrogen (secondary N) is 2. The first-order valence-electron chi connectivity index (χ1n) is 9.33. The summed E-state index contributed by atoms with van der Waals surface area (Å²) in [7, 11) is -3.67. The van der Waals surface area contributed by atoms with E-state index in [1.807, 2.05) is 6.07 Å². The number of amides is 1. The van der Waals surface area contributed by atoms with E-state index in [9.17, 15) is 13.2 Å². The Labute approximate surface area is 184 Å². The standard InChI is InChI=1S/C18H23ClN6O3S2/c19-15-5-1-3-13(14(15)12-20)4-2-10-30(27,28)24-18-23-22-16(29-18)11-17(26)25-8-6-21-7-9-25/h1-5,21H,6-12,20H2,(H,23,24). The van der Waals surface area contributed by atoms with Gasteiger partial charge in [0.15, 0.2) is 0 Å². The lowest BCUT2D eigenvalue weighted by atomic mass is 10.1. The van der Waals surface area contributed by atoms with Crippen LogP contribution in [0.1, 0.15) is 16.1 Å². The zero-order valence-corrected chi connectivity index (χ0v) is 18.6. The van der Waals surface area contributed by atoms with Gasteiger partial charge in [-0.2, -0.15) is 0 Å². The lowest BCUT2D eigenvalue weighted by Gasteiger charge is -2.27. The van der Waals surface area contributed by atoms with Crippen LogP contribution >= 0.6 is 22.9 Å². The van der Waals surface area contributed by atoms with E-state index in [4.69, 9.17) is 17.3 Å². The quantitative estimate of drug-likeness (QED) is 0.526. The van der Waals surface area contributed by atoms with Crippen LogP contribution in [-0.2, 0) is 27.8 Å². The molecule has 1 aromatic carbocycles. The number of piperazine rings is 1. The van der Waals surface area contributed by atoms with Crippen molar-refractivity contribution < 1.29 is 13.2 Å². The number of hydrogen-bond donors (Lipinski definition) is 3. The average Bonchev–Trinajstić information content (AvgIpc) is 3.14. The molecule has 0 saturated carbocycles. The van der Waals surface area contributed by atoms with Gasteiger partial charge in [0.2, 0.25) is 21.1 Å². The molecule has 1 aliphatic rings. The van der Waals surface area contributed by atoms with Crippen LogP contribution in [0.2, 0.25) is 5.02 Å². The number of benzene rings is 1. The van der Waals surface area contributed by atoms with Crippen LogP contribution in [0.3, 0.4) is 0 Å². The molecule has 3 rings (SSSR count). The summed E-state index contributed by atoms with van der Waals surface area (Å²) in [6.45, 7) is 3.10. The highest BCUT2D eigenvalue weighted by atomic mass is 35.5. The highest BCUT2D eigenvalue weighted by Gasteiger charge is 2.19. The minimum Gasteiger partial charge on any atom is -0.340 e. The molecule has 0 radical (unpaired) electrons. The van der Waals surface area contributed by atoms with Gasteiger partial charge in [-0.15, -0.1) is 10.2 Å². The molecule has 12 heteroatoms. The number of carbonyl (C=O) groups excluding carboxylic acids is 1. The number of halogens is 1. The molecule has 1 amide bonds. The maximum atomic E-state index is 12.3. The van der Waals surface area contributed by atoms with Gasteiger partial charge in [-0.1, -0.05) is 47.2 Å². The molecule has 0 spiro atoms. The Bertz CT molecular complexity index is 1020. The molecular formula is C18H23ClN6O3S2. The number of anilines is 1. The van der Waals surface area contributed by atoms with E-state index >= 15 is 0 Å². The van der Waals surface area contributed by atoms with Crippen molar-refractivity contribution in [1.82, 2.24) is 20.4 Å². The second-order valence-electron chi connectivity index (χ2n) is 6.61. The van der Waals surface area contributed by atoms with Crippen molar-refractivity contribution in [3.63, 3.8) is 0 Å². The zero-order valence-electron chi connectivity index (χ0n) is 16.2. The molecular weight excluding hydrogens is 448 g/mol. The first-order valence-corrected chi connectivity index (χ1v) is 12.2. The molecule has 0 atom stereocenters. The number of carbonyl (C=O) groups is 1. The number of rotatable bonds is 8. The van der Waals surface area contributed by atoms with Crippen molar-refractivity contribution in [1.29, 1.82) is 0 Å². The zero-order chi connectivity index (χ0) is 21.6. The Balaban J connectivity index is 1.57. The van der Waals surface area contributed by atoms with Crippen LogP contribution in [0.5, 0.6) is 0 Å². The topological polar surface area (TPSA) is 130 Å². The van der Waals surface area contributed by atoms with Crippen molar-refractivity contribution >= 4 is 50.1 Å². The second-order valence-corrected chi connectivity index (χ2v) is 9.84. The summed E-state index contributed by atoms with van der Waals surface area (Å²) in [4.78, 5) is 14.0. The van der Waals surface area contributed by atoms with E-state index in [2.05, 4.69) is 20.2 Å². The van der Waals surface area contributed by atoms with E-state index in [0.29, 0.717) is 23.1 Å². The Morgan fingerprint density at radius 2 is 2.10 bits per heavy atom. The van der Waals surface area contributed by atoms with Crippen molar-refractivity contribution in [2.24, 2.45) is 5.73 Å². The van der Waals surface area contributed by atoms with E-state index in [0.717, 1.165) is 35.6 Å². The first-order chi connectivity index (χ1) is 14.4. The van der Waals surface area contributed by atoms with Crippen LogP contribution in [0, 0.1) is 0 Å². The third kappa shape index (κ3) is 6.22. The maximum absolute atomic E-state index is 12.3.